The van der Waals surface area contributed by atoms with Crippen LogP contribution in [0.15, 0.2) is 42.5 Å². The van der Waals surface area contributed by atoms with Crippen molar-refractivity contribution >= 4 is 19.0 Å². The van der Waals surface area contributed by atoms with Gasteiger partial charge in [-0.15, -0.1) is 0 Å². The molecule has 0 fully saturated rings. The van der Waals surface area contributed by atoms with Gasteiger partial charge in [0.15, 0.2) is 0 Å². The summed E-state index contributed by atoms with van der Waals surface area (Å²) in [5.74, 6) is 0.889. The predicted molar refractivity (Wildman–Crippen MR) is 66.1 cm³/mol. The summed E-state index contributed by atoms with van der Waals surface area (Å²) in [7, 11) is 0. The molecule has 0 saturated heterocycles. The molecule has 85 valence electrons. The first kappa shape index (κ1) is 12.2. The van der Waals surface area contributed by atoms with Crippen molar-refractivity contribution in [1.29, 1.82) is 0 Å². The molecule has 2 rings (SSSR count). The molecule has 17 heavy (non-hydrogen) atoms. The molecule has 0 bridgehead atoms. The van der Waals surface area contributed by atoms with Crippen molar-refractivity contribution in [1.82, 2.24) is 4.98 Å². The first-order valence-corrected chi connectivity index (χ1v) is 6.55. The number of nitrogens with zero attached hydrogens (tertiary/aromatic N) is 1. The van der Waals surface area contributed by atoms with Crippen molar-refractivity contribution in [3.63, 3.8) is 0 Å². The quantitative estimate of drug-likeness (QED) is 0.805. The zero-order valence-corrected chi connectivity index (χ0v) is 12.4. The van der Waals surface area contributed by atoms with Crippen LogP contribution in [0, 0.1) is 0 Å². The number of rotatable bonds is 4. The van der Waals surface area contributed by atoms with E-state index in [1.807, 2.05) is 36.4 Å². The second-order valence-electron chi connectivity index (χ2n) is 3.68. The number of hydrogen-bond donors (Lipinski definition) is 0. The molecule has 1 aromatic heterocycles. The van der Waals surface area contributed by atoms with E-state index in [2.05, 4.69) is 4.98 Å². The zero-order chi connectivity index (χ0) is 12.1. The third-order valence-corrected chi connectivity index (χ3v) is 3.15. The van der Waals surface area contributed by atoms with Crippen molar-refractivity contribution in [2.24, 2.45) is 0 Å². The fourth-order valence-electron chi connectivity index (χ4n) is 1.69. The molecule has 0 spiro atoms. The Labute approximate surface area is 110 Å². The topological polar surface area (TPSA) is 22.1 Å². The van der Waals surface area contributed by atoms with Crippen LogP contribution in [0.4, 0.5) is 4.39 Å². The van der Waals surface area contributed by atoms with E-state index >= 15 is 0 Å². The van der Waals surface area contributed by atoms with E-state index in [1.54, 1.807) is 6.07 Å². The van der Waals surface area contributed by atoms with Crippen molar-refractivity contribution in [2.45, 2.75) is 13.1 Å². The zero-order valence-electron chi connectivity index (χ0n) is 9.40. The Kier molecular flexibility index (Phi) is 4.22. The van der Waals surface area contributed by atoms with E-state index in [4.69, 9.17) is 3.53 Å². The average molecular weight is 287 g/mol. The summed E-state index contributed by atoms with van der Waals surface area (Å²) in [6.07, 6.45) is 0.671. The number of pyridine rings is 1. The monoisotopic (exact) mass is 286 g/mol. The number of benzene rings is 1. The molecule has 1 radical (unpaired) electrons. The van der Waals surface area contributed by atoms with E-state index in [0.29, 0.717) is 12.1 Å². The summed E-state index contributed by atoms with van der Waals surface area (Å²) < 4.78 is 17.9. The van der Waals surface area contributed by atoms with Gasteiger partial charge in [-0.2, -0.15) is 0 Å². The van der Waals surface area contributed by atoms with Gasteiger partial charge in [0.1, 0.15) is 0 Å². The summed E-state index contributed by atoms with van der Waals surface area (Å²) in [5.41, 5.74) is 2.43. The average Bonchev–Trinajstić information content (AvgIpc) is 2.39. The van der Waals surface area contributed by atoms with Crippen molar-refractivity contribution in [3.05, 3.63) is 59.4 Å². The maximum absolute atomic E-state index is 12.5. The molecule has 0 amide bonds. The summed E-state index contributed by atoms with van der Waals surface area (Å²) in [6.45, 7) is -0.522. The molecule has 0 N–H and O–H groups in total. The van der Waals surface area contributed by atoms with Gasteiger partial charge in [-0.05, 0) is 0 Å². The minimum absolute atomic E-state index is 0.478. The SMILES string of the molecule is FCc1cccc(Cc2ccccc2[O][GaH])n1. The molecule has 2 nitrogen and oxygen atoms in total. The van der Waals surface area contributed by atoms with E-state index in [9.17, 15) is 4.39 Å². The number of aromatic nitrogens is 1. The van der Waals surface area contributed by atoms with Gasteiger partial charge in [0.05, 0.1) is 0 Å². The molecule has 0 unspecified atom stereocenters. The standard InChI is InChI=1S/C13H12FNO.Ga.H/c14-9-12-6-3-5-11(15-12)8-10-4-1-2-7-13(10)16;;/h1-7,16H,8-9H2;;/q;+1;/p-1. The van der Waals surface area contributed by atoms with Gasteiger partial charge in [-0.25, -0.2) is 0 Å². The molecule has 1 aromatic carbocycles. The first-order chi connectivity index (χ1) is 8.33. The number of halogens is 1. The van der Waals surface area contributed by atoms with Crippen LogP contribution in [0.25, 0.3) is 0 Å². The Bertz CT molecular complexity index is 504. The van der Waals surface area contributed by atoms with Crippen LogP contribution in [0.1, 0.15) is 17.0 Å². The molecule has 0 atom stereocenters. The summed E-state index contributed by atoms with van der Waals surface area (Å²) in [4.78, 5) is 4.24. The van der Waals surface area contributed by atoms with Crippen LogP contribution in [-0.4, -0.2) is 23.9 Å². The third-order valence-electron chi connectivity index (χ3n) is 2.50. The predicted octanol–water partition coefficient (Wildman–Crippen LogP) is 2.34. The fourth-order valence-corrected chi connectivity index (χ4v) is 2.28. The number of para-hydroxylation sites is 1. The second kappa shape index (κ2) is 5.89. The van der Waals surface area contributed by atoms with Crippen molar-refractivity contribution in [3.8, 4) is 5.75 Å². The van der Waals surface area contributed by atoms with Crippen LogP contribution in [-0.2, 0) is 13.1 Å². The van der Waals surface area contributed by atoms with Gasteiger partial charge in [0.25, 0.3) is 0 Å². The molecule has 0 aliphatic rings. The summed E-state index contributed by atoms with van der Waals surface area (Å²) in [5, 5.41) is 0. The molecular weight excluding hydrogens is 275 g/mol. The van der Waals surface area contributed by atoms with Crippen LogP contribution >= 0.6 is 0 Å². The van der Waals surface area contributed by atoms with Gasteiger partial charge >= 0.3 is 110 Å². The molecule has 0 saturated carbocycles. The van der Waals surface area contributed by atoms with E-state index in [-0.39, 0.29) is 0 Å². The summed E-state index contributed by atoms with van der Waals surface area (Å²) >= 11 is 0.759. The molecule has 0 aliphatic heterocycles. The normalized spacial score (nSPS) is 10.2. The van der Waals surface area contributed by atoms with Crippen molar-refractivity contribution < 1.29 is 7.92 Å². The Morgan fingerprint density at radius 2 is 1.82 bits per heavy atom. The number of hydrogen-bond acceptors (Lipinski definition) is 2. The second-order valence-corrected chi connectivity index (χ2v) is 4.29. The Morgan fingerprint density at radius 3 is 2.59 bits per heavy atom. The van der Waals surface area contributed by atoms with Crippen LogP contribution in [0.2, 0.25) is 0 Å². The van der Waals surface area contributed by atoms with Crippen LogP contribution in [0.3, 0.4) is 0 Å². The van der Waals surface area contributed by atoms with Gasteiger partial charge in [-0.3, -0.25) is 0 Å². The first-order valence-electron chi connectivity index (χ1n) is 5.34. The third kappa shape index (κ3) is 3.11. The molecule has 0 aliphatic carbocycles. The maximum atomic E-state index is 12.5. The summed E-state index contributed by atoms with van der Waals surface area (Å²) in [6, 6.07) is 13.3. The minimum atomic E-state index is -0.522. The number of alkyl halides is 1. The van der Waals surface area contributed by atoms with E-state index < -0.39 is 6.67 Å². The molecule has 1 heterocycles. The Hall–Kier alpha value is -1.26. The van der Waals surface area contributed by atoms with Crippen molar-refractivity contribution in [2.75, 3.05) is 0 Å². The van der Waals surface area contributed by atoms with Crippen LogP contribution in [0.5, 0.6) is 5.75 Å². The molecule has 4 heteroatoms. The molecular formula is C13H12FGaNO. The van der Waals surface area contributed by atoms with Gasteiger partial charge in [-0.1, -0.05) is 0 Å². The van der Waals surface area contributed by atoms with Gasteiger partial charge in [0.2, 0.25) is 0 Å². The fraction of sp³-hybridized carbons (Fsp3) is 0.154. The Balaban J connectivity index is 2.24. The van der Waals surface area contributed by atoms with Crippen LogP contribution < -0.4 is 3.53 Å². The van der Waals surface area contributed by atoms with Gasteiger partial charge < -0.3 is 0 Å². The van der Waals surface area contributed by atoms with Gasteiger partial charge in [0, 0.05) is 0 Å². The Morgan fingerprint density at radius 1 is 1.06 bits per heavy atom. The van der Waals surface area contributed by atoms with E-state index in [1.165, 1.54) is 0 Å². The van der Waals surface area contributed by atoms with E-state index in [0.717, 1.165) is 36.0 Å². The molecule has 2 aromatic rings.